The van der Waals surface area contributed by atoms with E-state index in [2.05, 4.69) is 10.2 Å². The summed E-state index contributed by atoms with van der Waals surface area (Å²) in [5.41, 5.74) is 1.91. The topological polar surface area (TPSA) is 86.8 Å². The minimum Gasteiger partial charge on any atom is -0.471 e. The van der Waals surface area contributed by atoms with Crippen LogP contribution in [0.25, 0.3) is 16.8 Å². The molecular formula is C21H26N6O3. The maximum atomic E-state index is 12.7. The van der Waals surface area contributed by atoms with Crippen molar-refractivity contribution in [2.45, 2.75) is 63.8 Å². The number of aromatic nitrogens is 5. The van der Waals surface area contributed by atoms with Gasteiger partial charge in [0.15, 0.2) is 0 Å². The molecular weight excluding hydrogens is 384 g/mol. The van der Waals surface area contributed by atoms with Crippen molar-refractivity contribution < 1.29 is 14.3 Å². The Hall–Kier alpha value is -3.10. The van der Waals surface area contributed by atoms with Crippen LogP contribution >= 0.6 is 0 Å². The van der Waals surface area contributed by atoms with Crippen LogP contribution in [0.5, 0.6) is 5.88 Å². The van der Waals surface area contributed by atoms with Gasteiger partial charge in [0.05, 0.1) is 30.3 Å². The molecule has 5 rings (SSSR count). The van der Waals surface area contributed by atoms with Gasteiger partial charge in [-0.25, -0.2) is 14.3 Å². The van der Waals surface area contributed by atoms with Crippen molar-refractivity contribution in [1.29, 1.82) is 0 Å². The molecule has 0 aromatic carbocycles. The molecule has 9 nitrogen and oxygen atoms in total. The van der Waals surface area contributed by atoms with Crippen molar-refractivity contribution in [2.75, 3.05) is 0 Å². The highest BCUT2D eigenvalue weighted by atomic mass is 16.6. The van der Waals surface area contributed by atoms with Crippen LogP contribution in [0.2, 0.25) is 0 Å². The summed E-state index contributed by atoms with van der Waals surface area (Å²) in [5, 5.41) is 8.59. The van der Waals surface area contributed by atoms with Gasteiger partial charge in [-0.05, 0) is 39.7 Å². The van der Waals surface area contributed by atoms with Gasteiger partial charge in [-0.3, -0.25) is 9.58 Å². The Morgan fingerprint density at radius 3 is 2.77 bits per heavy atom. The number of rotatable bonds is 3. The molecule has 1 amide bonds. The number of nitrogens with zero attached hydrogens (tertiary/aromatic N) is 6. The Morgan fingerprint density at radius 1 is 1.20 bits per heavy atom. The van der Waals surface area contributed by atoms with Gasteiger partial charge < -0.3 is 9.47 Å². The van der Waals surface area contributed by atoms with E-state index in [1.54, 1.807) is 21.6 Å². The van der Waals surface area contributed by atoms with Gasteiger partial charge in [0.25, 0.3) is 0 Å². The molecule has 0 saturated carbocycles. The Balaban J connectivity index is 1.42. The van der Waals surface area contributed by atoms with E-state index in [0.29, 0.717) is 5.88 Å². The van der Waals surface area contributed by atoms with E-state index in [0.717, 1.165) is 36.0 Å². The van der Waals surface area contributed by atoms with Crippen molar-refractivity contribution in [3.05, 3.63) is 30.9 Å². The van der Waals surface area contributed by atoms with E-state index in [9.17, 15) is 4.79 Å². The second kappa shape index (κ2) is 6.72. The molecule has 9 heteroatoms. The summed E-state index contributed by atoms with van der Waals surface area (Å²) in [6, 6.07) is 2.03. The van der Waals surface area contributed by atoms with E-state index in [1.165, 1.54) is 0 Å². The second-order valence-electron chi connectivity index (χ2n) is 9.07. The number of carbonyl (C=O) groups is 1. The number of amides is 1. The highest BCUT2D eigenvalue weighted by Crippen LogP contribution is 2.41. The summed E-state index contributed by atoms with van der Waals surface area (Å²) in [4.78, 5) is 19.4. The molecule has 3 aromatic heterocycles. The number of carbonyl (C=O) groups excluding carboxylic acids is 1. The van der Waals surface area contributed by atoms with Crippen LogP contribution in [0.1, 0.15) is 40.0 Å². The molecule has 2 saturated heterocycles. The number of fused-ring (bicyclic) bond motifs is 3. The normalized spacial score (nSPS) is 23.3. The monoisotopic (exact) mass is 410 g/mol. The minimum absolute atomic E-state index is 0.00308. The summed E-state index contributed by atoms with van der Waals surface area (Å²) in [7, 11) is 1.87. The van der Waals surface area contributed by atoms with Crippen molar-refractivity contribution in [3.63, 3.8) is 0 Å². The maximum Gasteiger partial charge on any atom is 0.410 e. The predicted molar refractivity (Wildman–Crippen MR) is 109 cm³/mol. The fourth-order valence-electron chi connectivity index (χ4n) is 4.48. The average Bonchev–Trinajstić information content (AvgIpc) is 3.42. The first-order chi connectivity index (χ1) is 14.3. The van der Waals surface area contributed by atoms with Crippen LogP contribution in [-0.4, -0.2) is 59.2 Å². The molecule has 3 aromatic rings. The summed E-state index contributed by atoms with van der Waals surface area (Å²) >= 11 is 0. The third-order valence-electron chi connectivity index (χ3n) is 5.70. The maximum absolute atomic E-state index is 12.7. The summed E-state index contributed by atoms with van der Waals surface area (Å²) < 4.78 is 15.5. The van der Waals surface area contributed by atoms with Gasteiger partial charge in [-0.15, -0.1) is 0 Å². The van der Waals surface area contributed by atoms with Gasteiger partial charge in [-0.2, -0.15) is 10.2 Å². The second-order valence-corrected chi connectivity index (χ2v) is 9.07. The fourth-order valence-corrected chi connectivity index (χ4v) is 4.48. The SMILES string of the molecule is Cn1cc(-c2cn3nccc3c(O[C@@H]3CC4CC[C@H]3N4C(=O)OC(C)(C)C)n2)cn1. The molecule has 2 aliphatic heterocycles. The lowest BCUT2D eigenvalue weighted by Gasteiger charge is -2.28. The van der Waals surface area contributed by atoms with Crippen molar-refractivity contribution >= 4 is 11.6 Å². The largest absolute Gasteiger partial charge is 0.471 e. The smallest absolute Gasteiger partial charge is 0.410 e. The Labute approximate surface area is 174 Å². The molecule has 2 aliphatic rings. The molecule has 30 heavy (non-hydrogen) atoms. The lowest BCUT2D eigenvalue weighted by Crippen LogP contribution is -2.42. The highest BCUT2D eigenvalue weighted by Gasteiger charge is 2.51. The van der Waals surface area contributed by atoms with E-state index < -0.39 is 5.60 Å². The van der Waals surface area contributed by atoms with Gasteiger partial charge in [0.1, 0.15) is 17.2 Å². The Kier molecular flexibility index (Phi) is 4.23. The third kappa shape index (κ3) is 3.28. The molecule has 0 aliphatic carbocycles. The standard InChI is InChI=1S/C21H26N6O3/c1-21(2,3)30-20(28)27-14-5-6-16(27)18(9-14)29-19-17-7-8-22-26(17)12-15(24-19)13-10-23-25(4)11-13/h7-8,10-12,14,16,18H,5-6,9H2,1-4H3/t14?,16-,18-/m1/s1. The lowest BCUT2D eigenvalue weighted by molar-refractivity contribution is 0.0181. The Morgan fingerprint density at radius 2 is 2.03 bits per heavy atom. The van der Waals surface area contributed by atoms with E-state index in [4.69, 9.17) is 14.5 Å². The van der Waals surface area contributed by atoms with Crippen LogP contribution in [0.15, 0.2) is 30.9 Å². The molecule has 2 fully saturated rings. The van der Waals surface area contributed by atoms with Crippen molar-refractivity contribution in [3.8, 4) is 17.1 Å². The number of ether oxygens (including phenoxy) is 2. The average molecular weight is 410 g/mol. The quantitative estimate of drug-likeness (QED) is 0.660. The molecule has 158 valence electrons. The molecule has 0 N–H and O–H groups in total. The first kappa shape index (κ1) is 18.9. The first-order valence-corrected chi connectivity index (χ1v) is 10.3. The van der Waals surface area contributed by atoms with Crippen LogP contribution in [0, 0.1) is 0 Å². The first-order valence-electron chi connectivity index (χ1n) is 10.3. The highest BCUT2D eigenvalue weighted by molar-refractivity contribution is 5.70. The van der Waals surface area contributed by atoms with Gasteiger partial charge in [0.2, 0.25) is 5.88 Å². The van der Waals surface area contributed by atoms with Crippen molar-refractivity contribution in [2.24, 2.45) is 7.05 Å². The zero-order chi connectivity index (χ0) is 21.0. The van der Waals surface area contributed by atoms with Crippen LogP contribution in [0.3, 0.4) is 0 Å². The van der Waals surface area contributed by atoms with E-state index in [-0.39, 0.29) is 24.3 Å². The number of aryl methyl sites for hydroxylation is 1. The van der Waals surface area contributed by atoms with E-state index in [1.807, 2.05) is 51.2 Å². The van der Waals surface area contributed by atoms with Crippen LogP contribution in [0.4, 0.5) is 4.79 Å². The van der Waals surface area contributed by atoms with Gasteiger partial charge in [0, 0.05) is 31.3 Å². The van der Waals surface area contributed by atoms with Gasteiger partial charge >= 0.3 is 6.09 Å². The van der Waals surface area contributed by atoms with Gasteiger partial charge in [-0.1, -0.05) is 0 Å². The number of hydrogen-bond donors (Lipinski definition) is 0. The van der Waals surface area contributed by atoms with Crippen LogP contribution in [-0.2, 0) is 11.8 Å². The minimum atomic E-state index is -0.515. The fraction of sp³-hybridized carbons (Fsp3) is 0.524. The zero-order valence-electron chi connectivity index (χ0n) is 17.6. The molecule has 5 heterocycles. The zero-order valence-corrected chi connectivity index (χ0v) is 17.6. The predicted octanol–water partition coefficient (Wildman–Crippen LogP) is 3.05. The lowest BCUT2D eigenvalue weighted by atomic mass is 9.98. The summed E-state index contributed by atoms with van der Waals surface area (Å²) in [6.07, 6.45) is 9.56. The molecule has 1 unspecified atom stereocenters. The molecule has 3 atom stereocenters. The summed E-state index contributed by atoms with van der Waals surface area (Å²) in [5.74, 6) is 0.524. The number of hydrogen-bond acceptors (Lipinski definition) is 6. The van der Waals surface area contributed by atoms with Crippen molar-refractivity contribution in [1.82, 2.24) is 29.3 Å². The third-order valence-corrected chi connectivity index (χ3v) is 5.70. The molecule has 2 bridgehead atoms. The Bertz CT molecular complexity index is 1100. The summed E-state index contributed by atoms with van der Waals surface area (Å²) in [6.45, 7) is 5.67. The molecule has 0 spiro atoms. The van der Waals surface area contributed by atoms with Crippen LogP contribution < -0.4 is 4.74 Å². The molecule has 0 radical (unpaired) electrons. The van der Waals surface area contributed by atoms with E-state index >= 15 is 0 Å².